The Morgan fingerprint density at radius 3 is 2.57 bits per heavy atom. The van der Waals surface area contributed by atoms with Crippen LogP contribution in [0.5, 0.6) is 0 Å². The molecule has 4 rings (SSSR count). The van der Waals surface area contributed by atoms with Crippen molar-refractivity contribution in [3.63, 3.8) is 0 Å². The van der Waals surface area contributed by atoms with Crippen LogP contribution >= 0.6 is 0 Å². The van der Waals surface area contributed by atoms with Crippen LogP contribution in [0.2, 0.25) is 0 Å². The number of aromatic nitrogens is 3. The van der Waals surface area contributed by atoms with Crippen LogP contribution in [0.1, 0.15) is 37.9 Å². The Morgan fingerprint density at radius 1 is 1.11 bits per heavy atom. The molecule has 0 spiro atoms. The van der Waals surface area contributed by atoms with Gasteiger partial charge in [0.1, 0.15) is 11.6 Å². The first-order chi connectivity index (χ1) is 13.6. The van der Waals surface area contributed by atoms with Crippen molar-refractivity contribution < 1.29 is 4.79 Å². The number of carbonyl (C=O) groups excluding carboxylic acids is 1. The van der Waals surface area contributed by atoms with E-state index >= 15 is 0 Å². The maximum absolute atomic E-state index is 13.2. The van der Waals surface area contributed by atoms with Crippen LogP contribution in [0.15, 0.2) is 65.6 Å². The number of nitrogens with zero attached hydrogens (tertiary/aromatic N) is 2. The zero-order valence-electron chi connectivity index (χ0n) is 15.8. The number of fused-ring (bicyclic) bond motifs is 3. The molecule has 4 aromatic rings. The standard InChI is InChI=1S/C22H22N4O2/c1-3-18(21(27)24-14(2)15-9-5-4-6-10-15)26-19-12-8-7-11-16(19)17-13-23-25-22(28)20(17)26/h4-14,18H,3H2,1-2H3,(H,24,27)(H,25,28)/t14-,18+/m1/s1. The Balaban J connectivity index is 1.80. The van der Waals surface area contributed by atoms with Crippen molar-refractivity contribution in [3.8, 4) is 0 Å². The lowest BCUT2D eigenvalue weighted by molar-refractivity contribution is -0.124. The molecular weight excluding hydrogens is 352 g/mol. The molecule has 2 aromatic heterocycles. The van der Waals surface area contributed by atoms with Gasteiger partial charge < -0.3 is 9.88 Å². The quantitative estimate of drug-likeness (QED) is 0.559. The molecule has 2 aromatic carbocycles. The Labute approximate surface area is 162 Å². The normalized spacial score (nSPS) is 13.5. The van der Waals surface area contributed by atoms with Crippen LogP contribution in [0, 0.1) is 0 Å². The first-order valence-corrected chi connectivity index (χ1v) is 9.43. The highest BCUT2D eigenvalue weighted by Gasteiger charge is 2.26. The fourth-order valence-electron chi connectivity index (χ4n) is 3.80. The van der Waals surface area contributed by atoms with Crippen LogP contribution in [0.4, 0.5) is 0 Å². The van der Waals surface area contributed by atoms with Gasteiger partial charge in [-0.3, -0.25) is 9.59 Å². The van der Waals surface area contributed by atoms with Crippen LogP contribution in [0.3, 0.4) is 0 Å². The molecule has 6 heteroatoms. The number of para-hydroxylation sites is 1. The van der Waals surface area contributed by atoms with Crippen molar-refractivity contribution in [3.05, 3.63) is 76.7 Å². The van der Waals surface area contributed by atoms with Gasteiger partial charge >= 0.3 is 0 Å². The van der Waals surface area contributed by atoms with Gasteiger partial charge in [-0.1, -0.05) is 55.5 Å². The molecular formula is C22H22N4O2. The third-order valence-corrected chi connectivity index (χ3v) is 5.18. The number of nitrogens with one attached hydrogen (secondary N) is 2. The van der Waals surface area contributed by atoms with Gasteiger partial charge in [0.05, 0.1) is 17.8 Å². The smallest absolute Gasteiger partial charge is 0.288 e. The minimum atomic E-state index is -0.503. The molecule has 0 radical (unpaired) electrons. The fourth-order valence-corrected chi connectivity index (χ4v) is 3.80. The fraction of sp³-hybridized carbons (Fsp3) is 0.227. The topological polar surface area (TPSA) is 79.8 Å². The maximum atomic E-state index is 13.2. The second kappa shape index (κ2) is 7.31. The number of carbonyl (C=O) groups is 1. The van der Waals surface area contributed by atoms with Crippen LogP contribution < -0.4 is 10.9 Å². The van der Waals surface area contributed by atoms with Gasteiger partial charge in [0.25, 0.3) is 5.56 Å². The summed E-state index contributed by atoms with van der Waals surface area (Å²) in [5.74, 6) is -0.113. The average molecular weight is 374 g/mol. The van der Waals surface area contributed by atoms with E-state index in [0.717, 1.165) is 21.9 Å². The molecule has 0 saturated carbocycles. The zero-order chi connectivity index (χ0) is 19.7. The van der Waals surface area contributed by atoms with Gasteiger partial charge in [-0.05, 0) is 25.0 Å². The molecule has 0 unspecified atom stereocenters. The highest BCUT2D eigenvalue weighted by atomic mass is 16.2. The number of hydrogen-bond donors (Lipinski definition) is 2. The summed E-state index contributed by atoms with van der Waals surface area (Å²) in [6, 6.07) is 16.9. The number of benzene rings is 2. The molecule has 0 fully saturated rings. The maximum Gasteiger partial charge on any atom is 0.288 e. The highest BCUT2D eigenvalue weighted by Crippen LogP contribution is 2.31. The molecule has 6 nitrogen and oxygen atoms in total. The van der Waals surface area contributed by atoms with Gasteiger partial charge in [-0.15, -0.1) is 0 Å². The van der Waals surface area contributed by atoms with Gasteiger partial charge in [0.15, 0.2) is 0 Å². The Hall–Kier alpha value is -3.41. The molecule has 0 saturated heterocycles. The van der Waals surface area contributed by atoms with Crippen molar-refractivity contribution >= 4 is 27.7 Å². The van der Waals surface area contributed by atoms with E-state index in [2.05, 4.69) is 15.5 Å². The first kappa shape index (κ1) is 18.0. The van der Waals surface area contributed by atoms with Crippen LogP contribution in [-0.2, 0) is 4.79 Å². The molecule has 1 amide bonds. The molecule has 2 N–H and O–H groups in total. The number of rotatable bonds is 5. The lowest BCUT2D eigenvalue weighted by Gasteiger charge is -2.22. The number of aromatic amines is 1. The largest absolute Gasteiger partial charge is 0.348 e. The summed E-state index contributed by atoms with van der Waals surface area (Å²) in [5.41, 5.74) is 2.07. The molecule has 2 heterocycles. The van der Waals surface area contributed by atoms with Crippen molar-refractivity contribution in [2.45, 2.75) is 32.4 Å². The van der Waals surface area contributed by atoms with Gasteiger partial charge in [-0.2, -0.15) is 5.10 Å². The predicted octanol–water partition coefficient (Wildman–Crippen LogP) is 3.71. The van der Waals surface area contributed by atoms with Gasteiger partial charge in [0, 0.05) is 10.8 Å². The van der Waals surface area contributed by atoms with E-state index in [-0.39, 0.29) is 17.5 Å². The van der Waals surface area contributed by atoms with Crippen molar-refractivity contribution in [2.75, 3.05) is 0 Å². The van der Waals surface area contributed by atoms with E-state index in [9.17, 15) is 9.59 Å². The number of H-pyrrole nitrogens is 1. The number of hydrogen-bond acceptors (Lipinski definition) is 3. The summed E-state index contributed by atoms with van der Waals surface area (Å²) in [6.07, 6.45) is 2.20. The summed E-state index contributed by atoms with van der Waals surface area (Å²) in [5, 5.41) is 11.2. The minimum Gasteiger partial charge on any atom is -0.348 e. The van der Waals surface area contributed by atoms with Gasteiger partial charge in [0.2, 0.25) is 5.91 Å². The van der Waals surface area contributed by atoms with E-state index in [4.69, 9.17) is 0 Å². The van der Waals surface area contributed by atoms with Crippen LogP contribution in [-0.4, -0.2) is 20.7 Å². The summed E-state index contributed by atoms with van der Waals surface area (Å²) < 4.78 is 1.85. The number of amides is 1. The second-order valence-electron chi connectivity index (χ2n) is 6.91. The Bertz CT molecular complexity index is 1190. The summed E-state index contributed by atoms with van der Waals surface area (Å²) >= 11 is 0. The molecule has 2 atom stereocenters. The molecule has 28 heavy (non-hydrogen) atoms. The summed E-state index contributed by atoms with van der Waals surface area (Å²) in [7, 11) is 0. The van der Waals surface area contributed by atoms with Crippen molar-refractivity contribution in [2.24, 2.45) is 0 Å². The average Bonchev–Trinajstić information content (AvgIpc) is 3.05. The van der Waals surface area contributed by atoms with E-state index in [1.807, 2.05) is 73.0 Å². The lowest BCUT2D eigenvalue weighted by Crippen LogP contribution is -2.34. The first-order valence-electron chi connectivity index (χ1n) is 9.43. The molecule has 0 aliphatic rings. The van der Waals surface area contributed by atoms with E-state index < -0.39 is 6.04 Å². The van der Waals surface area contributed by atoms with Gasteiger partial charge in [-0.25, -0.2) is 5.10 Å². The van der Waals surface area contributed by atoms with E-state index in [1.165, 1.54) is 0 Å². The predicted molar refractivity (Wildman–Crippen MR) is 110 cm³/mol. The second-order valence-corrected chi connectivity index (χ2v) is 6.91. The molecule has 142 valence electrons. The van der Waals surface area contributed by atoms with E-state index in [0.29, 0.717) is 11.9 Å². The third kappa shape index (κ3) is 2.97. The molecule has 0 aliphatic carbocycles. The minimum absolute atomic E-state index is 0.113. The Kier molecular flexibility index (Phi) is 4.69. The third-order valence-electron chi connectivity index (χ3n) is 5.18. The highest BCUT2D eigenvalue weighted by molar-refractivity contribution is 6.08. The lowest BCUT2D eigenvalue weighted by atomic mass is 10.1. The molecule has 0 aliphatic heterocycles. The molecule has 0 bridgehead atoms. The monoisotopic (exact) mass is 374 g/mol. The Morgan fingerprint density at radius 2 is 1.82 bits per heavy atom. The van der Waals surface area contributed by atoms with E-state index in [1.54, 1.807) is 6.20 Å². The summed E-state index contributed by atoms with van der Waals surface area (Å²) in [6.45, 7) is 3.91. The van der Waals surface area contributed by atoms with Crippen molar-refractivity contribution in [1.29, 1.82) is 0 Å². The van der Waals surface area contributed by atoms with Crippen LogP contribution in [0.25, 0.3) is 21.8 Å². The van der Waals surface area contributed by atoms with Crippen molar-refractivity contribution in [1.82, 2.24) is 20.1 Å². The SMILES string of the molecule is CC[C@@H](C(=O)N[C@H](C)c1ccccc1)n1c2ccccc2c2cn[nH]c(=O)c21. The zero-order valence-corrected chi connectivity index (χ0v) is 15.8. The summed E-state index contributed by atoms with van der Waals surface area (Å²) in [4.78, 5) is 25.8.